The summed E-state index contributed by atoms with van der Waals surface area (Å²) in [5, 5.41) is 12.1. The van der Waals surface area contributed by atoms with E-state index in [0.29, 0.717) is 24.6 Å². The van der Waals surface area contributed by atoms with Crippen LogP contribution in [0, 0.1) is 5.92 Å². The standard InChI is InChI=1S/C23H39N5O3/c1-8-25-21(26-13-12-17-10-9-11-18(14-17)20(29)24-7)27-15-19(16(2)3)28-22(30)31-23(4,5)6/h9-11,14,16,19H,8,12-13,15H2,1-7H3,(H,24,29)(H,28,30)(H2,25,26,27). The maximum atomic E-state index is 12.1. The van der Waals surface area contributed by atoms with Crippen molar-refractivity contribution >= 4 is 18.0 Å². The summed E-state index contributed by atoms with van der Waals surface area (Å²) in [5.41, 5.74) is 1.17. The number of nitrogens with one attached hydrogen (secondary N) is 4. The number of ether oxygens (including phenoxy) is 1. The Balaban J connectivity index is 2.68. The van der Waals surface area contributed by atoms with Crippen molar-refractivity contribution in [3.63, 3.8) is 0 Å². The first-order chi connectivity index (χ1) is 14.6. The summed E-state index contributed by atoms with van der Waals surface area (Å²) >= 11 is 0. The molecule has 0 aliphatic heterocycles. The van der Waals surface area contributed by atoms with Crippen LogP contribution in [0.5, 0.6) is 0 Å². The van der Waals surface area contributed by atoms with E-state index >= 15 is 0 Å². The lowest BCUT2D eigenvalue weighted by molar-refractivity contribution is 0.0493. The number of guanidine groups is 1. The van der Waals surface area contributed by atoms with E-state index in [-0.39, 0.29) is 17.9 Å². The molecule has 0 heterocycles. The van der Waals surface area contributed by atoms with Crippen molar-refractivity contribution in [3.8, 4) is 0 Å². The van der Waals surface area contributed by atoms with E-state index < -0.39 is 11.7 Å². The highest BCUT2D eigenvalue weighted by molar-refractivity contribution is 5.94. The van der Waals surface area contributed by atoms with E-state index in [9.17, 15) is 9.59 Å². The number of nitrogens with zero attached hydrogens (tertiary/aromatic N) is 1. The molecule has 31 heavy (non-hydrogen) atoms. The van der Waals surface area contributed by atoms with Gasteiger partial charge in [-0.2, -0.15) is 0 Å². The molecule has 4 N–H and O–H groups in total. The van der Waals surface area contributed by atoms with Gasteiger partial charge in [-0.25, -0.2) is 4.79 Å². The summed E-state index contributed by atoms with van der Waals surface area (Å²) in [6.07, 6.45) is 0.314. The van der Waals surface area contributed by atoms with Crippen LogP contribution in [0.3, 0.4) is 0 Å². The first-order valence-corrected chi connectivity index (χ1v) is 10.9. The van der Waals surface area contributed by atoms with E-state index in [0.717, 1.165) is 18.5 Å². The minimum absolute atomic E-state index is 0.0954. The summed E-state index contributed by atoms with van der Waals surface area (Å²) in [4.78, 5) is 28.6. The topological polar surface area (TPSA) is 104 Å². The van der Waals surface area contributed by atoms with Crippen molar-refractivity contribution in [2.24, 2.45) is 10.9 Å². The molecular weight excluding hydrogens is 394 g/mol. The van der Waals surface area contributed by atoms with Gasteiger partial charge in [-0.3, -0.25) is 9.79 Å². The van der Waals surface area contributed by atoms with Crippen LogP contribution in [-0.2, 0) is 11.2 Å². The summed E-state index contributed by atoms with van der Waals surface area (Å²) in [6, 6.07) is 7.43. The fourth-order valence-electron chi connectivity index (χ4n) is 2.75. The highest BCUT2D eigenvalue weighted by Crippen LogP contribution is 2.09. The highest BCUT2D eigenvalue weighted by atomic mass is 16.6. The molecule has 0 aromatic heterocycles. The first-order valence-electron chi connectivity index (χ1n) is 10.9. The number of alkyl carbamates (subject to hydrolysis) is 1. The molecule has 0 fully saturated rings. The Kier molecular flexibility index (Phi) is 10.9. The molecule has 8 heteroatoms. The zero-order valence-corrected chi connectivity index (χ0v) is 20.0. The van der Waals surface area contributed by atoms with Crippen LogP contribution in [0.15, 0.2) is 29.3 Å². The fourth-order valence-corrected chi connectivity index (χ4v) is 2.75. The van der Waals surface area contributed by atoms with Gasteiger partial charge in [0, 0.05) is 25.7 Å². The molecule has 1 atom stereocenters. The number of hydrogen-bond donors (Lipinski definition) is 4. The maximum absolute atomic E-state index is 12.1. The quantitative estimate of drug-likeness (QED) is 0.354. The Labute approximate surface area is 186 Å². The molecular formula is C23H39N5O3. The summed E-state index contributed by atoms with van der Waals surface area (Å²) < 4.78 is 5.36. The van der Waals surface area contributed by atoms with Crippen molar-refractivity contribution in [1.29, 1.82) is 0 Å². The number of aliphatic imine (C=N–C) groups is 1. The van der Waals surface area contributed by atoms with Gasteiger partial charge in [0.1, 0.15) is 5.60 Å². The van der Waals surface area contributed by atoms with Crippen molar-refractivity contribution in [3.05, 3.63) is 35.4 Å². The normalized spacial score (nSPS) is 12.8. The van der Waals surface area contributed by atoms with Crippen LogP contribution in [-0.4, -0.2) is 56.3 Å². The fraction of sp³-hybridized carbons (Fsp3) is 0.609. The van der Waals surface area contributed by atoms with E-state index in [2.05, 4.69) is 26.3 Å². The van der Waals surface area contributed by atoms with Crippen LogP contribution in [0.4, 0.5) is 4.79 Å². The van der Waals surface area contributed by atoms with Crippen molar-refractivity contribution < 1.29 is 14.3 Å². The van der Waals surface area contributed by atoms with Gasteiger partial charge in [-0.15, -0.1) is 0 Å². The average Bonchev–Trinajstić information content (AvgIpc) is 2.69. The van der Waals surface area contributed by atoms with E-state index in [1.165, 1.54) is 0 Å². The SMILES string of the molecule is CCNC(=NCC(NC(=O)OC(C)(C)C)C(C)C)NCCc1cccc(C(=O)NC)c1. The molecule has 0 saturated carbocycles. The van der Waals surface area contributed by atoms with Gasteiger partial charge in [-0.1, -0.05) is 26.0 Å². The Bertz CT molecular complexity index is 741. The molecule has 174 valence electrons. The van der Waals surface area contributed by atoms with Gasteiger partial charge >= 0.3 is 6.09 Å². The van der Waals surface area contributed by atoms with Crippen molar-refractivity contribution in [2.45, 2.75) is 59.6 Å². The summed E-state index contributed by atoms with van der Waals surface area (Å²) in [6.45, 7) is 13.4. The van der Waals surface area contributed by atoms with Gasteiger partial charge in [-0.05, 0) is 57.7 Å². The number of rotatable bonds is 9. The molecule has 0 spiro atoms. The van der Waals surface area contributed by atoms with Crippen LogP contribution in [0.2, 0.25) is 0 Å². The first kappa shape index (κ1) is 26.3. The van der Waals surface area contributed by atoms with Crippen LogP contribution < -0.4 is 21.3 Å². The van der Waals surface area contributed by atoms with E-state index in [4.69, 9.17) is 4.74 Å². The molecule has 0 aliphatic carbocycles. The van der Waals surface area contributed by atoms with Crippen LogP contribution in [0.25, 0.3) is 0 Å². The molecule has 8 nitrogen and oxygen atoms in total. The molecule has 0 saturated heterocycles. The number of carbonyl (C=O) groups excluding carboxylic acids is 2. The molecule has 0 bridgehead atoms. The number of hydrogen-bond acceptors (Lipinski definition) is 4. The Hall–Kier alpha value is -2.77. The predicted molar refractivity (Wildman–Crippen MR) is 126 cm³/mol. The van der Waals surface area contributed by atoms with Crippen LogP contribution in [0.1, 0.15) is 57.5 Å². The smallest absolute Gasteiger partial charge is 0.407 e. The third-order valence-corrected chi connectivity index (χ3v) is 4.42. The predicted octanol–water partition coefficient (Wildman–Crippen LogP) is 2.69. The van der Waals surface area contributed by atoms with Gasteiger partial charge in [0.05, 0.1) is 12.6 Å². The second kappa shape index (κ2) is 12.8. The summed E-state index contributed by atoms with van der Waals surface area (Å²) in [5.74, 6) is 0.787. The number of benzene rings is 1. The largest absolute Gasteiger partial charge is 0.444 e. The molecule has 1 aromatic rings. The van der Waals surface area contributed by atoms with Gasteiger partial charge in [0.25, 0.3) is 5.91 Å². The highest BCUT2D eigenvalue weighted by Gasteiger charge is 2.21. The third-order valence-electron chi connectivity index (χ3n) is 4.42. The maximum Gasteiger partial charge on any atom is 0.407 e. The lowest BCUT2D eigenvalue weighted by Gasteiger charge is -2.25. The monoisotopic (exact) mass is 433 g/mol. The molecule has 1 aromatic carbocycles. The van der Waals surface area contributed by atoms with Crippen molar-refractivity contribution in [2.75, 3.05) is 26.7 Å². The Morgan fingerprint density at radius 2 is 1.87 bits per heavy atom. The van der Waals surface area contributed by atoms with Gasteiger partial charge in [0.15, 0.2) is 5.96 Å². The minimum atomic E-state index is -0.541. The van der Waals surface area contributed by atoms with Crippen LogP contribution >= 0.6 is 0 Å². The van der Waals surface area contributed by atoms with Crippen molar-refractivity contribution in [1.82, 2.24) is 21.3 Å². The molecule has 1 rings (SSSR count). The minimum Gasteiger partial charge on any atom is -0.444 e. The zero-order valence-electron chi connectivity index (χ0n) is 20.0. The molecule has 2 amide bonds. The average molecular weight is 434 g/mol. The van der Waals surface area contributed by atoms with E-state index in [1.807, 2.05) is 59.7 Å². The zero-order chi connectivity index (χ0) is 23.4. The Morgan fingerprint density at radius 3 is 2.45 bits per heavy atom. The third kappa shape index (κ3) is 10.7. The van der Waals surface area contributed by atoms with Gasteiger partial charge < -0.3 is 26.0 Å². The van der Waals surface area contributed by atoms with Gasteiger partial charge in [0.2, 0.25) is 0 Å². The lowest BCUT2D eigenvalue weighted by Crippen LogP contribution is -2.45. The number of carbonyl (C=O) groups is 2. The van der Waals surface area contributed by atoms with E-state index in [1.54, 1.807) is 13.1 Å². The molecule has 1 unspecified atom stereocenters. The number of amides is 2. The lowest BCUT2D eigenvalue weighted by atomic mass is 10.1. The Morgan fingerprint density at radius 1 is 1.16 bits per heavy atom. The molecule has 0 aliphatic rings. The second-order valence-corrected chi connectivity index (χ2v) is 8.67. The molecule has 0 radical (unpaired) electrons. The second-order valence-electron chi connectivity index (χ2n) is 8.67. The summed E-state index contributed by atoms with van der Waals surface area (Å²) in [7, 11) is 1.62.